The Morgan fingerprint density at radius 3 is 2.63 bits per heavy atom. The Labute approximate surface area is 120 Å². The molecule has 5 nitrogen and oxygen atoms in total. The van der Waals surface area contributed by atoms with Crippen LogP contribution in [0.3, 0.4) is 0 Å². The van der Waals surface area contributed by atoms with Gasteiger partial charge in [-0.3, -0.25) is 14.9 Å². The van der Waals surface area contributed by atoms with Crippen LogP contribution in [0.5, 0.6) is 5.75 Å². The highest BCUT2D eigenvalue weighted by Gasteiger charge is 2.23. The van der Waals surface area contributed by atoms with Gasteiger partial charge in [-0.15, -0.1) is 0 Å². The number of ketones is 1. The number of Topliss-reactive ketones (excluding diaryl/α,β-unsaturated/α-hetero) is 1. The molecule has 104 valence electrons. The Kier molecular flexibility index (Phi) is 5.47. The minimum atomic E-state index is -0.539. The summed E-state index contributed by atoms with van der Waals surface area (Å²) < 4.78 is 6.00. The summed E-state index contributed by atoms with van der Waals surface area (Å²) in [5, 5.41) is 11.1. The lowest BCUT2D eigenvalue weighted by atomic mass is 10.1. The molecular formula is C13H16BrNO4. The van der Waals surface area contributed by atoms with Crippen molar-refractivity contribution >= 4 is 27.4 Å². The van der Waals surface area contributed by atoms with Crippen molar-refractivity contribution in [1.82, 2.24) is 0 Å². The van der Waals surface area contributed by atoms with E-state index in [0.29, 0.717) is 11.1 Å². The molecular weight excluding hydrogens is 314 g/mol. The average molecular weight is 330 g/mol. The van der Waals surface area contributed by atoms with Crippen molar-refractivity contribution in [3.63, 3.8) is 0 Å². The molecule has 0 fully saturated rings. The predicted molar refractivity (Wildman–Crippen MR) is 75.8 cm³/mol. The molecule has 0 radical (unpaired) electrons. The number of rotatable bonds is 6. The third-order valence-electron chi connectivity index (χ3n) is 2.82. The molecule has 0 heterocycles. The van der Waals surface area contributed by atoms with Gasteiger partial charge in [0.05, 0.1) is 17.1 Å². The first kappa shape index (κ1) is 15.6. The highest BCUT2D eigenvalue weighted by molar-refractivity contribution is 9.10. The second-order valence-corrected chi connectivity index (χ2v) is 5.35. The number of nitrogens with zero attached hydrogens (tertiary/aromatic N) is 1. The number of carbonyl (C=O) groups excluding carboxylic acids is 1. The summed E-state index contributed by atoms with van der Waals surface area (Å²) in [5.41, 5.74) is 0.0345. The van der Waals surface area contributed by atoms with E-state index >= 15 is 0 Å². The maximum atomic E-state index is 11.6. The number of carbonyl (C=O) groups is 1. The number of hydrogen-bond acceptors (Lipinski definition) is 4. The molecule has 0 amide bonds. The molecule has 0 N–H and O–H groups in total. The molecule has 0 spiro atoms. The van der Waals surface area contributed by atoms with Gasteiger partial charge in [0.15, 0.2) is 5.78 Å². The van der Waals surface area contributed by atoms with E-state index in [0.717, 1.165) is 6.42 Å². The molecule has 1 aromatic carbocycles. The molecule has 0 aromatic heterocycles. The second-order valence-electron chi connectivity index (χ2n) is 4.44. The molecule has 6 heteroatoms. The van der Waals surface area contributed by atoms with Gasteiger partial charge in [0, 0.05) is 10.5 Å². The molecule has 0 aliphatic rings. The topological polar surface area (TPSA) is 69.4 Å². The number of ether oxygens (including phenoxy) is 1. The lowest BCUT2D eigenvalue weighted by Crippen LogP contribution is -2.11. The van der Waals surface area contributed by atoms with Crippen molar-refractivity contribution in [2.24, 2.45) is 5.92 Å². The lowest BCUT2D eigenvalue weighted by Gasteiger charge is -2.13. The van der Waals surface area contributed by atoms with Gasteiger partial charge in [-0.2, -0.15) is 0 Å². The van der Waals surface area contributed by atoms with Gasteiger partial charge >= 0.3 is 5.69 Å². The Balaban J connectivity index is 3.23. The fraction of sp³-hybridized carbons (Fsp3) is 0.462. The molecule has 1 atom stereocenters. The van der Waals surface area contributed by atoms with E-state index < -0.39 is 4.92 Å². The van der Waals surface area contributed by atoms with Crippen LogP contribution in [-0.2, 0) is 0 Å². The van der Waals surface area contributed by atoms with Crippen molar-refractivity contribution in [2.45, 2.75) is 27.2 Å². The van der Waals surface area contributed by atoms with E-state index in [2.05, 4.69) is 15.9 Å². The number of hydrogen-bond donors (Lipinski definition) is 0. The van der Waals surface area contributed by atoms with Gasteiger partial charge in [-0.25, -0.2) is 0 Å². The lowest BCUT2D eigenvalue weighted by molar-refractivity contribution is -0.386. The molecule has 1 unspecified atom stereocenters. The van der Waals surface area contributed by atoms with E-state index in [9.17, 15) is 14.9 Å². The predicted octanol–water partition coefficient (Wildman–Crippen LogP) is 3.98. The molecule has 1 rings (SSSR count). The molecule has 1 aromatic rings. The van der Waals surface area contributed by atoms with Crippen LogP contribution in [-0.4, -0.2) is 17.3 Å². The molecule has 0 aliphatic carbocycles. The number of benzene rings is 1. The maximum absolute atomic E-state index is 11.6. The van der Waals surface area contributed by atoms with Gasteiger partial charge in [0.25, 0.3) is 0 Å². The zero-order valence-corrected chi connectivity index (χ0v) is 12.7. The number of halogens is 1. The van der Waals surface area contributed by atoms with Gasteiger partial charge in [0.1, 0.15) is 0 Å². The minimum absolute atomic E-state index is 0.0565. The summed E-state index contributed by atoms with van der Waals surface area (Å²) in [6, 6.07) is 2.89. The van der Waals surface area contributed by atoms with E-state index in [1.165, 1.54) is 13.0 Å². The first-order valence-corrected chi connectivity index (χ1v) is 6.77. The summed E-state index contributed by atoms with van der Waals surface area (Å²) in [5.74, 6) is 0.0626. The summed E-state index contributed by atoms with van der Waals surface area (Å²) in [6.45, 7) is 5.70. The Morgan fingerprint density at radius 1 is 1.53 bits per heavy atom. The standard InChI is InChI=1S/C13H16BrNO4/c1-4-8(2)7-19-13-11(9(3)16)5-10(14)6-12(13)15(17)18/h5-6,8H,4,7H2,1-3H3. The minimum Gasteiger partial charge on any atom is -0.486 e. The molecule has 19 heavy (non-hydrogen) atoms. The largest absolute Gasteiger partial charge is 0.486 e. The average Bonchev–Trinajstić information content (AvgIpc) is 2.35. The fourth-order valence-corrected chi connectivity index (χ4v) is 1.92. The molecule has 0 saturated carbocycles. The quantitative estimate of drug-likeness (QED) is 0.449. The number of nitro groups is 1. The zero-order valence-electron chi connectivity index (χ0n) is 11.1. The van der Waals surface area contributed by atoms with Crippen LogP contribution in [0.15, 0.2) is 16.6 Å². The van der Waals surface area contributed by atoms with Gasteiger partial charge in [-0.05, 0) is 18.9 Å². The van der Waals surface area contributed by atoms with Gasteiger partial charge < -0.3 is 4.74 Å². The zero-order chi connectivity index (χ0) is 14.6. The monoisotopic (exact) mass is 329 g/mol. The van der Waals surface area contributed by atoms with Crippen molar-refractivity contribution < 1.29 is 14.5 Å². The molecule has 0 aliphatic heterocycles. The van der Waals surface area contributed by atoms with Crippen molar-refractivity contribution in [3.05, 3.63) is 32.3 Å². The van der Waals surface area contributed by atoms with Crippen molar-refractivity contribution in [1.29, 1.82) is 0 Å². The van der Waals surface area contributed by atoms with Crippen molar-refractivity contribution in [2.75, 3.05) is 6.61 Å². The highest BCUT2D eigenvalue weighted by atomic mass is 79.9. The van der Waals surface area contributed by atoms with E-state index in [4.69, 9.17) is 4.74 Å². The van der Waals surface area contributed by atoms with Gasteiger partial charge in [0.2, 0.25) is 5.75 Å². The summed E-state index contributed by atoms with van der Waals surface area (Å²) in [7, 11) is 0. The van der Waals surface area contributed by atoms with Crippen LogP contribution in [0.2, 0.25) is 0 Å². The summed E-state index contributed by atoms with van der Waals surface area (Å²) >= 11 is 3.17. The van der Waals surface area contributed by atoms with Crippen LogP contribution >= 0.6 is 15.9 Å². The normalized spacial score (nSPS) is 12.0. The summed E-state index contributed by atoms with van der Waals surface area (Å²) in [6.07, 6.45) is 0.903. The molecule has 0 saturated heterocycles. The van der Waals surface area contributed by atoms with Crippen LogP contribution in [0.25, 0.3) is 0 Å². The van der Waals surface area contributed by atoms with E-state index in [-0.39, 0.29) is 28.7 Å². The molecule has 0 bridgehead atoms. The van der Waals surface area contributed by atoms with Crippen LogP contribution in [0, 0.1) is 16.0 Å². The first-order chi connectivity index (χ1) is 8.86. The van der Waals surface area contributed by atoms with E-state index in [1.807, 2.05) is 13.8 Å². The van der Waals surface area contributed by atoms with Crippen LogP contribution in [0.1, 0.15) is 37.6 Å². The highest BCUT2D eigenvalue weighted by Crippen LogP contribution is 2.35. The Bertz CT molecular complexity index is 466. The first-order valence-electron chi connectivity index (χ1n) is 5.98. The smallest absolute Gasteiger partial charge is 0.312 e. The third kappa shape index (κ3) is 4.02. The SMILES string of the molecule is CCC(C)COc1c(C(C)=O)cc(Br)cc1[N+](=O)[O-]. The van der Waals surface area contributed by atoms with Gasteiger partial charge in [-0.1, -0.05) is 36.2 Å². The second kappa shape index (κ2) is 6.65. The van der Waals surface area contributed by atoms with Crippen molar-refractivity contribution in [3.8, 4) is 5.75 Å². The number of nitro benzene ring substituents is 1. The van der Waals surface area contributed by atoms with Crippen LogP contribution in [0.4, 0.5) is 5.69 Å². The summed E-state index contributed by atoms with van der Waals surface area (Å²) in [4.78, 5) is 22.1. The third-order valence-corrected chi connectivity index (χ3v) is 3.28. The Morgan fingerprint density at radius 2 is 2.16 bits per heavy atom. The van der Waals surface area contributed by atoms with E-state index in [1.54, 1.807) is 6.07 Å². The Hall–Kier alpha value is -1.43. The van der Waals surface area contributed by atoms with Crippen LogP contribution < -0.4 is 4.74 Å². The maximum Gasteiger partial charge on any atom is 0.312 e. The fourth-order valence-electron chi connectivity index (χ4n) is 1.47.